The second-order valence-electron chi connectivity index (χ2n) is 4.17. The van der Waals surface area contributed by atoms with Gasteiger partial charge in [-0.1, -0.05) is 37.3 Å². The summed E-state index contributed by atoms with van der Waals surface area (Å²) in [5.74, 6) is 0.708. The van der Waals surface area contributed by atoms with Crippen LogP contribution in [-0.4, -0.2) is 5.11 Å². The van der Waals surface area contributed by atoms with Gasteiger partial charge in [0.2, 0.25) is 0 Å². The summed E-state index contributed by atoms with van der Waals surface area (Å²) in [6.45, 7) is 0. The van der Waals surface area contributed by atoms with E-state index >= 15 is 0 Å². The van der Waals surface area contributed by atoms with Crippen LogP contribution in [0.15, 0.2) is 9.85 Å². The Kier molecular flexibility index (Phi) is 4.10. The van der Waals surface area contributed by atoms with Gasteiger partial charge >= 0.3 is 0 Å². The van der Waals surface area contributed by atoms with Crippen LogP contribution in [0.4, 0.5) is 0 Å². The predicted octanol–water partition coefficient (Wildman–Crippen LogP) is 4.78. The van der Waals surface area contributed by atoms with Gasteiger partial charge < -0.3 is 5.11 Å². The molecule has 1 heterocycles. The highest BCUT2D eigenvalue weighted by Crippen LogP contribution is 2.39. The first-order chi connectivity index (χ1) is 7.16. The lowest BCUT2D eigenvalue weighted by atomic mass is 9.99. The first-order valence-corrected chi connectivity index (χ1v) is 7.28. The van der Waals surface area contributed by atoms with Crippen LogP contribution < -0.4 is 0 Å². The Bertz CT molecular complexity index is 314. The van der Waals surface area contributed by atoms with Crippen molar-refractivity contribution < 1.29 is 5.11 Å². The van der Waals surface area contributed by atoms with Gasteiger partial charge in [0.15, 0.2) is 0 Å². The third-order valence-corrected chi connectivity index (χ3v) is 5.60. The highest BCUT2D eigenvalue weighted by molar-refractivity contribution is 9.11. The summed E-state index contributed by atoms with van der Waals surface area (Å²) >= 11 is 10.9. The van der Waals surface area contributed by atoms with Gasteiger partial charge in [0, 0.05) is 4.88 Å². The Balaban J connectivity index is 1.97. The average molecular weight is 310 g/mol. The van der Waals surface area contributed by atoms with E-state index in [0.717, 1.165) is 15.1 Å². The monoisotopic (exact) mass is 308 g/mol. The molecule has 2 rings (SSSR count). The standard InChI is InChI=1S/C11H14BrClOS/c12-11-8(13)6-10(15-11)9(14)5-7-3-1-2-4-7/h6-7,9,14H,1-5H2. The van der Waals surface area contributed by atoms with Crippen LogP contribution in [0.5, 0.6) is 0 Å². The number of hydrogen-bond acceptors (Lipinski definition) is 2. The van der Waals surface area contributed by atoms with Crippen LogP contribution in [0.25, 0.3) is 0 Å². The minimum atomic E-state index is -0.332. The van der Waals surface area contributed by atoms with Crippen LogP contribution in [0.2, 0.25) is 5.02 Å². The van der Waals surface area contributed by atoms with E-state index in [2.05, 4.69) is 15.9 Å². The lowest BCUT2D eigenvalue weighted by molar-refractivity contribution is 0.148. The van der Waals surface area contributed by atoms with Crippen LogP contribution >= 0.6 is 38.9 Å². The van der Waals surface area contributed by atoms with Gasteiger partial charge in [-0.3, -0.25) is 0 Å². The Morgan fingerprint density at radius 2 is 2.20 bits per heavy atom. The molecule has 0 amide bonds. The van der Waals surface area contributed by atoms with Gasteiger partial charge in [-0.2, -0.15) is 0 Å². The molecular formula is C11H14BrClOS. The number of halogens is 2. The fraction of sp³-hybridized carbons (Fsp3) is 0.636. The zero-order chi connectivity index (χ0) is 10.8. The van der Waals surface area contributed by atoms with E-state index in [1.165, 1.54) is 25.7 Å². The number of aliphatic hydroxyl groups excluding tert-OH is 1. The zero-order valence-corrected chi connectivity index (χ0v) is 11.5. The molecule has 1 unspecified atom stereocenters. The molecule has 1 saturated carbocycles. The molecule has 1 atom stereocenters. The van der Waals surface area contributed by atoms with Crippen molar-refractivity contribution in [2.45, 2.75) is 38.2 Å². The third-order valence-electron chi connectivity index (χ3n) is 3.02. The first-order valence-electron chi connectivity index (χ1n) is 5.29. The minimum Gasteiger partial charge on any atom is -0.388 e. The average Bonchev–Trinajstić information content (AvgIpc) is 2.78. The molecule has 1 N–H and O–H groups in total. The topological polar surface area (TPSA) is 20.2 Å². The summed E-state index contributed by atoms with van der Waals surface area (Å²) in [6.07, 6.45) is 5.76. The Morgan fingerprint density at radius 1 is 1.53 bits per heavy atom. The molecule has 0 spiro atoms. The number of hydrogen-bond donors (Lipinski definition) is 1. The fourth-order valence-corrected chi connectivity index (χ4v) is 3.95. The summed E-state index contributed by atoms with van der Waals surface area (Å²) in [5.41, 5.74) is 0. The highest BCUT2D eigenvalue weighted by atomic mass is 79.9. The molecule has 1 aliphatic carbocycles. The van der Waals surface area contributed by atoms with Crippen molar-refractivity contribution in [3.63, 3.8) is 0 Å². The summed E-state index contributed by atoms with van der Waals surface area (Å²) in [5, 5.41) is 10.8. The van der Waals surface area contributed by atoms with Gasteiger partial charge in [-0.05, 0) is 34.3 Å². The summed E-state index contributed by atoms with van der Waals surface area (Å²) in [4.78, 5) is 0.985. The molecule has 0 aromatic carbocycles. The largest absolute Gasteiger partial charge is 0.388 e. The van der Waals surface area contributed by atoms with Gasteiger partial charge in [0.25, 0.3) is 0 Å². The molecular weight excluding hydrogens is 296 g/mol. The second kappa shape index (κ2) is 5.17. The van der Waals surface area contributed by atoms with Crippen molar-refractivity contribution >= 4 is 38.9 Å². The maximum Gasteiger partial charge on any atom is 0.0888 e. The lowest BCUT2D eigenvalue weighted by Crippen LogP contribution is -2.02. The molecule has 1 aliphatic rings. The van der Waals surface area contributed by atoms with E-state index in [0.29, 0.717) is 10.9 Å². The number of thiophene rings is 1. The van der Waals surface area contributed by atoms with Gasteiger partial charge in [0.1, 0.15) is 0 Å². The molecule has 1 aromatic rings. The van der Waals surface area contributed by atoms with Crippen molar-refractivity contribution in [3.8, 4) is 0 Å². The number of rotatable bonds is 3. The van der Waals surface area contributed by atoms with E-state index < -0.39 is 0 Å². The maximum atomic E-state index is 10.0. The van der Waals surface area contributed by atoms with Crippen molar-refractivity contribution in [2.75, 3.05) is 0 Å². The summed E-state index contributed by atoms with van der Waals surface area (Å²) in [6, 6.07) is 1.87. The van der Waals surface area contributed by atoms with Crippen LogP contribution in [0.1, 0.15) is 43.1 Å². The SMILES string of the molecule is OC(CC1CCCC1)c1cc(Cl)c(Br)s1. The highest BCUT2D eigenvalue weighted by Gasteiger charge is 2.21. The van der Waals surface area contributed by atoms with E-state index in [9.17, 15) is 5.11 Å². The fourth-order valence-electron chi connectivity index (χ4n) is 2.21. The van der Waals surface area contributed by atoms with Crippen LogP contribution in [0, 0.1) is 5.92 Å². The molecule has 0 radical (unpaired) electrons. The lowest BCUT2D eigenvalue weighted by Gasteiger charge is -2.13. The Labute approximate surface area is 108 Å². The van der Waals surface area contributed by atoms with E-state index in [-0.39, 0.29) is 6.10 Å². The van der Waals surface area contributed by atoms with E-state index in [4.69, 9.17) is 11.6 Å². The Hall–Kier alpha value is 0.430. The van der Waals surface area contributed by atoms with Crippen molar-refractivity contribution in [2.24, 2.45) is 5.92 Å². The quantitative estimate of drug-likeness (QED) is 0.852. The summed E-state index contributed by atoms with van der Waals surface area (Å²) < 4.78 is 0.921. The van der Waals surface area contributed by atoms with Gasteiger partial charge in [-0.25, -0.2) is 0 Å². The zero-order valence-electron chi connectivity index (χ0n) is 8.38. The van der Waals surface area contributed by atoms with E-state index in [1.54, 1.807) is 11.3 Å². The maximum absolute atomic E-state index is 10.0. The van der Waals surface area contributed by atoms with Crippen LogP contribution in [0.3, 0.4) is 0 Å². The normalized spacial score (nSPS) is 19.7. The van der Waals surface area contributed by atoms with Crippen molar-refractivity contribution in [1.29, 1.82) is 0 Å². The molecule has 15 heavy (non-hydrogen) atoms. The molecule has 0 saturated heterocycles. The molecule has 0 aliphatic heterocycles. The number of aliphatic hydroxyl groups is 1. The molecule has 1 aromatic heterocycles. The minimum absolute atomic E-state index is 0.332. The second-order valence-corrected chi connectivity index (χ2v) is 6.98. The van der Waals surface area contributed by atoms with E-state index in [1.807, 2.05) is 6.07 Å². The molecule has 1 nitrogen and oxygen atoms in total. The van der Waals surface area contributed by atoms with Crippen LogP contribution in [-0.2, 0) is 0 Å². The van der Waals surface area contributed by atoms with Gasteiger partial charge in [0.05, 0.1) is 14.9 Å². The molecule has 4 heteroatoms. The van der Waals surface area contributed by atoms with Crippen molar-refractivity contribution in [3.05, 3.63) is 19.8 Å². The van der Waals surface area contributed by atoms with Crippen molar-refractivity contribution in [1.82, 2.24) is 0 Å². The van der Waals surface area contributed by atoms with Gasteiger partial charge in [-0.15, -0.1) is 11.3 Å². The first kappa shape index (κ1) is 11.9. The predicted molar refractivity (Wildman–Crippen MR) is 68.6 cm³/mol. The summed E-state index contributed by atoms with van der Waals surface area (Å²) in [7, 11) is 0. The molecule has 84 valence electrons. The Morgan fingerprint density at radius 3 is 2.73 bits per heavy atom. The molecule has 0 bridgehead atoms. The third kappa shape index (κ3) is 2.96. The smallest absolute Gasteiger partial charge is 0.0888 e. The molecule has 1 fully saturated rings.